The Morgan fingerprint density at radius 2 is 0.565 bits per heavy atom. The summed E-state index contributed by atoms with van der Waals surface area (Å²) in [4.78, 5) is 78.5. The van der Waals surface area contributed by atoms with Gasteiger partial charge in [-0.05, 0) is 273 Å². The number of aryl methyl sites for hydroxylation is 3. The summed E-state index contributed by atoms with van der Waals surface area (Å²) in [5, 5.41) is 35.4. The van der Waals surface area contributed by atoms with E-state index in [4.69, 9.17) is 28.4 Å². The van der Waals surface area contributed by atoms with Gasteiger partial charge < -0.3 is 65.4 Å². The fourth-order valence-corrected chi connectivity index (χ4v) is 22.0. The van der Waals surface area contributed by atoms with E-state index in [-0.39, 0.29) is 104 Å². The first-order valence-electron chi connectivity index (χ1n) is 42.7. The van der Waals surface area contributed by atoms with Crippen LogP contribution in [0.4, 0.5) is 0 Å². The van der Waals surface area contributed by atoms with Crippen molar-refractivity contribution in [3.05, 3.63) is 34.9 Å². The second-order valence-corrected chi connectivity index (χ2v) is 43.3. The van der Waals surface area contributed by atoms with Crippen LogP contribution in [0.2, 0.25) is 0 Å². The molecule has 2 atom stereocenters. The maximum atomic E-state index is 15.8. The molecule has 0 amide bonds. The summed E-state index contributed by atoms with van der Waals surface area (Å²) in [6.45, 7) is 57.8. The first-order valence-corrected chi connectivity index (χ1v) is 42.7. The van der Waals surface area contributed by atoms with E-state index in [0.717, 1.165) is 36.0 Å². The number of piperidine rings is 6. The number of nitrogens with one attached hydrogen (secondary N) is 6. The summed E-state index contributed by atoms with van der Waals surface area (Å²) in [6.07, 6.45) is 12.2. The van der Waals surface area contributed by atoms with Gasteiger partial charge in [0, 0.05) is 131 Å². The number of hydrogen-bond donors (Lipinski definition) is 7. The molecule has 620 valence electrons. The topological polar surface area (TPSA) is 233 Å². The van der Waals surface area contributed by atoms with Crippen LogP contribution in [0.5, 0.6) is 0 Å². The van der Waals surface area contributed by atoms with Crippen LogP contribution in [0.15, 0.2) is 18.2 Å². The van der Waals surface area contributed by atoms with Crippen LogP contribution in [-0.2, 0) is 71.7 Å². The zero-order valence-corrected chi connectivity index (χ0v) is 73.4. The molecule has 108 heavy (non-hydrogen) atoms. The summed E-state index contributed by atoms with van der Waals surface area (Å²) in [5.74, 6) is -2.48. The summed E-state index contributed by atoms with van der Waals surface area (Å²) in [5.41, 5.74) is -5.25. The third-order valence-electron chi connectivity index (χ3n) is 24.4. The fourth-order valence-electron chi connectivity index (χ4n) is 22.0. The largest absolute Gasteiger partial charge is 0.462 e. The normalized spacial score (nSPS) is 24.9. The van der Waals surface area contributed by atoms with Gasteiger partial charge in [-0.3, -0.25) is 24.0 Å². The number of carbonyl (C=O) groups excluding carboxylic acids is 5. The molecule has 18 heteroatoms. The Hall–Kier alpha value is -3.75. The molecule has 0 radical (unpaired) electrons. The van der Waals surface area contributed by atoms with Crippen molar-refractivity contribution in [1.82, 2.24) is 31.9 Å². The van der Waals surface area contributed by atoms with Gasteiger partial charge in [0.05, 0.1) is 6.10 Å². The number of unbranched alkanes of at least 4 members (excludes halogenated alkanes) is 3. The molecular weight excluding hydrogens is 1360 g/mol. The summed E-state index contributed by atoms with van der Waals surface area (Å²) in [6, 6.07) is 6.59. The van der Waals surface area contributed by atoms with E-state index in [9.17, 15) is 5.11 Å². The average Bonchev–Trinajstić information content (AvgIpc) is 0.783. The minimum atomic E-state index is -1.61. The molecule has 1 aromatic rings. The van der Waals surface area contributed by atoms with Gasteiger partial charge >= 0.3 is 29.8 Å². The third-order valence-corrected chi connectivity index (χ3v) is 24.4. The van der Waals surface area contributed by atoms with E-state index in [1.807, 2.05) is 0 Å². The lowest BCUT2D eigenvalue weighted by molar-refractivity contribution is -0.232. The van der Waals surface area contributed by atoms with Crippen molar-refractivity contribution in [1.29, 1.82) is 0 Å². The lowest BCUT2D eigenvalue weighted by Crippen LogP contribution is -2.61. The molecule has 6 aliphatic heterocycles. The van der Waals surface area contributed by atoms with Crippen molar-refractivity contribution in [3.63, 3.8) is 0 Å². The highest BCUT2D eigenvalue weighted by Crippen LogP contribution is 2.46. The van der Waals surface area contributed by atoms with Gasteiger partial charge in [0.25, 0.3) is 0 Å². The van der Waals surface area contributed by atoms with Crippen molar-refractivity contribution in [2.75, 3.05) is 0 Å². The molecule has 0 aliphatic carbocycles. The Kier molecular flexibility index (Phi) is 29.4. The van der Waals surface area contributed by atoms with Gasteiger partial charge in [-0.15, -0.1) is 0 Å². The average molecular weight is 1520 g/mol. The van der Waals surface area contributed by atoms with Gasteiger partial charge in [-0.25, -0.2) is 0 Å². The molecule has 0 spiro atoms. The number of aliphatic hydroxyl groups is 1. The van der Waals surface area contributed by atoms with E-state index in [1.165, 1.54) is 0 Å². The molecule has 6 saturated heterocycles. The maximum Gasteiger partial charge on any atom is 0.323 e. The summed E-state index contributed by atoms with van der Waals surface area (Å²) in [7, 11) is 0. The highest BCUT2D eigenvalue weighted by atomic mass is 16.6. The number of rotatable bonds is 34. The monoisotopic (exact) mass is 1520 g/mol. The highest BCUT2D eigenvalue weighted by Gasteiger charge is 2.56. The van der Waals surface area contributed by atoms with Crippen LogP contribution in [0, 0.1) is 16.2 Å². The van der Waals surface area contributed by atoms with Crippen LogP contribution >= 0.6 is 0 Å². The van der Waals surface area contributed by atoms with Gasteiger partial charge in [-0.2, -0.15) is 0 Å². The number of benzene rings is 1. The quantitative estimate of drug-likeness (QED) is 0.0147. The van der Waals surface area contributed by atoms with Crippen LogP contribution in [0.1, 0.15) is 377 Å². The van der Waals surface area contributed by atoms with Crippen molar-refractivity contribution >= 4 is 29.8 Å². The fraction of sp³-hybridized carbons (Fsp3) is 0.878. The van der Waals surface area contributed by atoms with Crippen molar-refractivity contribution < 1.29 is 57.5 Å². The first-order chi connectivity index (χ1) is 49.4. The molecule has 18 nitrogen and oxygen atoms in total. The Labute approximate surface area is 656 Å². The molecule has 6 fully saturated rings. The van der Waals surface area contributed by atoms with E-state index < -0.39 is 76.8 Å². The number of esters is 5. The Bertz CT molecular complexity index is 3000. The minimum absolute atomic E-state index is 0.188. The van der Waals surface area contributed by atoms with Gasteiger partial charge in [0.1, 0.15) is 35.9 Å². The van der Waals surface area contributed by atoms with Crippen LogP contribution in [0.25, 0.3) is 0 Å². The molecule has 7 rings (SSSR count). The molecule has 1 aromatic carbocycles. The smallest absolute Gasteiger partial charge is 0.323 e. The van der Waals surface area contributed by atoms with Crippen LogP contribution < -0.4 is 31.9 Å². The predicted octanol–water partition coefficient (Wildman–Crippen LogP) is 17.1. The predicted molar refractivity (Wildman–Crippen MR) is 435 cm³/mol. The first kappa shape index (κ1) is 91.4. The molecule has 0 bridgehead atoms. The molecule has 0 aromatic heterocycles. The van der Waals surface area contributed by atoms with Gasteiger partial charge in [-0.1, -0.05) is 77.5 Å². The molecule has 6 aliphatic rings. The lowest BCUT2D eigenvalue weighted by atomic mass is 9.75. The van der Waals surface area contributed by atoms with E-state index in [2.05, 4.69) is 237 Å². The standard InChI is InChI=1S/C90H158N6O12/c1-28-31-42-88(70(97)103-64-49-76(4,5)91-77(6,7)50-64,71(98)104-65-51-78(8,9)92-79(10,11)52-65)45-34-37-61-40-41-62(38-35-46-89(43-32-29-2,72(99)105-66-53-80(12,13)93-81(14,15)54-66)73(100)106-67-55-82(16,17)94-83(18,19)56-67)63(48-61)39-36-47-90(44-33-30-3,74(101)107-68-57-84(20,21)95-85(22,23)58-68)75(102)108-69-59-86(24,25)96-87(26,27)60-69/h40-41,48,64-70,91-97H,28-39,42-47,49-60H2,1-27H3. The second kappa shape index (κ2) is 34.8. The maximum absolute atomic E-state index is 15.8. The molecule has 7 N–H and O–H groups in total. The Morgan fingerprint density at radius 1 is 0.333 bits per heavy atom. The number of ether oxygens (including phenoxy) is 6. The third kappa shape index (κ3) is 25.9. The van der Waals surface area contributed by atoms with Crippen LogP contribution in [-0.4, -0.2) is 144 Å². The van der Waals surface area contributed by atoms with Crippen molar-refractivity contribution in [3.8, 4) is 0 Å². The van der Waals surface area contributed by atoms with E-state index in [0.29, 0.717) is 148 Å². The lowest BCUT2D eigenvalue weighted by Gasteiger charge is -2.48. The molecular formula is C90H158N6O12. The molecule has 0 saturated carbocycles. The summed E-state index contributed by atoms with van der Waals surface area (Å²) < 4.78 is 40.7. The van der Waals surface area contributed by atoms with Crippen LogP contribution in [0.3, 0.4) is 0 Å². The van der Waals surface area contributed by atoms with Gasteiger partial charge in [0.2, 0.25) is 0 Å². The number of aliphatic hydroxyl groups excluding tert-OH is 1. The second-order valence-electron chi connectivity index (χ2n) is 43.3. The van der Waals surface area contributed by atoms with Gasteiger partial charge in [0.15, 0.2) is 17.1 Å². The van der Waals surface area contributed by atoms with E-state index >= 15 is 24.0 Å². The number of hydrogen-bond acceptors (Lipinski definition) is 18. The number of carbonyl (C=O) groups is 5. The Balaban J connectivity index is 1.31. The zero-order chi connectivity index (χ0) is 81.0. The minimum Gasteiger partial charge on any atom is -0.462 e. The van der Waals surface area contributed by atoms with Crippen molar-refractivity contribution in [2.45, 2.75) is 489 Å². The highest BCUT2D eigenvalue weighted by molar-refractivity contribution is 6.01. The summed E-state index contributed by atoms with van der Waals surface area (Å²) >= 11 is 0. The zero-order valence-electron chi connectivity index (χ0n) is 73.4. The molecule has 6 heterocycles. The molecule has 2 unspecified atom stereocenters. The Morgan fingerprint density at radius 3 is 0.852 bits per heavy atom. The SMILES string of the molecule is CCCCC(CCCc1ccc(CCCC(CCCC)(C(=O)OC2CC(C)(C)NC(C)(C)C2)C(O)OC2CC(C)(C)NC(C)(C)C2)cc1CCCC(CCCC)(C(=O)OC1CC(C)(C)NC(C)(C)C1)C(=O)OC1CC(C)(C)NC(C)(C)C1)(C(=O)OC1CC(C)(C)NC(C)(C)C1)C(=O)OC1CC(C)(C)NC(C)(C)C1. The van der Waals surface area contributed by atoms with E-state index in [1.54, 1.807) is 0 Å². The van der Waals surface area contributed by atoms with Crippen molar-refractivity contribution in [2.24, 2.45) is 16.2 Å².